The Labute approximate surface area is 99.2 Å². The predicted molar refractivity (Wildman–Crippen MR) is 67.0 cm³/mol. The van der Waals surface area contributed by atoms with Crippen LogP contribution in [0.2, 0.25) is 0 Å². The second kappa shape index (κ2) is 5.67. The van der Waals surface area contributed by atoms with Crippen molar-refractivity contribution in [2.45, 2.75) is 46.5 Å². The largest absolute Gasteiger partial charge is 0.356 e. The SMILES string of the molecule is CC(C)CC(CN)CC(=O)NCC1(C)CC1. The smallest absolute Gasteiger partial charge is 0.220 e. The molecule has 1 atom stereocenters. The summed E-state index contributed by atoms with van der Waals surface area (Å²) in [5, 5.41) is 3.03. The Kier molecular flexibility index (Phi) is 4.78. The Morgan fingerprint density at radius 2 is 2.06 bits per heavy atom. The third kappa shape index (κ3) is 4.97. The first-order valence-corrected chi connectivity index (χ1v) is 6.42. The molecule has 1 unspecified atom stereocenters. The average molecular weight is 226 g/mol. The Balaban J connectivity index is 2.20. The molecule has 3 N–H and O–H groups in total. The lowest BCUT2D eigenvalue weighted by molar-refractivity contribution is -0.122. The number of hydrogen-bond acceptors (Lipinski definition) is 2. The summed E-state index contributed by atoms with van der Waals surface area (Å²) in [5.41, 5.74) is 6.08. The molecular formula is C13H26N2O. The molecule has 0 spiro atoms. The summed E-state index contributed by atoms with van der Waals surface area (Å²) in [6.45, 7) is 8.02. The molecule has 0 aromatic carbocycles. The monoisotopic (exact) mass is 226 g/mol. The van der Waals surface area contributed by atoms with Crippen LogP contribution in [0.1, 0.15) is 46.5 Å². The first-order valence-electron chi connectivity index (χ1n) is 6.42. The first-order chi connectivity index (χ1) is 7.45. The van der Waals surface area contributed by atoms with Crippen LogP contribution < -0.4 is 11.1 Å². The van der Waals surface area contributed by atoms with Gasteiger partial charge < -0.3 is 11.1 Å². The Morgan fingerprint density at radius 3 is 2.50 bits per heavy atom. The third-order valence-electron chi connectivity index (χ3n) is 3.43. The van der Waals surface area contributed by atoms with Crippen molar-refractivity contribution >= 4 is 5.91 Å². The highest BCUT2D eigenvalue weighted by Gasteiger charge is 2.37. The molecule has 1 rings (SSSR count). The van der Waals surface area contributed by atoms with E-state index in [1.807, 2.05) is 0 Å². The van der Waals surface area contributed by atoms with Crippen LogP contribution in [-0.2, 0) is 4.79 Å². The van der Waals surface area contributed by atoms with Gasteiger partial charge in [0.25, 0.3) is 0 Å². The summed E-state index contributed by atoms with van der Waals surface area (Å²) in [7, 11) is 0. The number of carbonyl (C=O) groups is 1. The zero-order chi connectivity index (χ0) is 12.2. The van der Waals surface area contributed by atoms with Crippen molar-refractivity contribution in [1.82, 2.24) is 5.32 Å². The van der Waals surface area contributed by atoms with Gasteiger partial charge in [0.15, 0.2) is 0 Å². The van der Waals surface area contributed by atoms with Gasteiger partial charge in [0.1, 0.15) is 0 Å². The molecule has 0 heterocycles. The van der Waals surface area contributed by atoms with Crippen molar-refractivity contribution in [3.63, 3.8) is 0 Å². The molecule has 1 saturated carbocycles. The minimum Gasteiger partial charge on any atom is -0.356 e. The fraction of sp³-hybridized carbons (Fsp3) is 0.923. The molecule has 0 aromatic rings. The topological polar surface area (TPSA) is 55.1 Å². The van der Waals surface area contributed by atoms with E-state index < -0.39 is 0 Å². The molecule has 3 heteroatoms. The molecule has 0 bridgehead atoms. The zero-order valence-corrected chi connectivity index (χ0v) is 10.9. The number of hydrogen-bond donors (Lipinski definition) is 2. The number of amides is 1. The lowest BCUT2D eigenvalue weighted by Gasteiger charge is -2.17. The van der Waals surface area contributed by atoms with Gasteiger partial charge in [-0.25, -0.2) is 0 Å². The van der Waals surface area contributed by atoms with Gasteiger partial charge in [-0.1, -0.05) is 20.8 Å². The van der Waals surface area contributed by atoms with Crippen molar-refractivity contribution in [2.75, 3.05) is 13.1 Å². The van der Waals surface area contributed by atoms with Crippen molar-refractivity contribution in [3.05, 3.63) is 0 Å². The highest BCUT2D eigenvalue weighted by molar-refractivity contribution is 5.76. The van der Waals surface area contributed by atoms with Crippen LogP contribution in [0.25, 0.3) is 0 Å². The molecule has 0 aliphatic heterocycles. The second-order valence-electron chi connectivity index (χ2n) is 6.02. The molecule has 0 aromatic heterocycles. The summed E-state index contributed by atoms with van der Waals surface area (Å²) < 4.78 is 0. The molecule has 0 radical (unpaired) electrons. The summed E-state index contributed by atoms with van der Waals surface area (Å²) in [4.78, 5) is 11.7. The average Bonchev–Trinajstić information content (AvgIpc) is 2.93. The normalized spacial score (nSPS) is 19.6. The highest BCUT2D eigenvalue weighted by atomic mass is 16.1. The first kappa shape index (κ1) is 13.5. The number of nitrogens with two attached hydrogens (primary N) is 1. The lowest BCUT2D eigenvalue weighted by Crippen LogP contribution is -2.32. The quantitative estimate of drug-likeness (QED) is 0.697. The van der Waals surface area contributed by atoms with Gasteiger partial charge >= 0.3 is 0 Å². The van der Waals surface area contributed by atoms with E-state index in [0.29, 0.717) is 30.2 Å². The van der Waals surface area contributed by atoms with Gasteiger partial charge in [0.2, 0.25) is 5.91 Å². The van der Waals surface area contributed by atoms with Crippen molar-refractivity contribution in [2.24, 2.45) is 23.0 Å². The number of nitrogens with one attached hydrogen (secondary N) is 1. The Morgan fingerprint density at radius 1 is 1.44 bits per heavy atom. The zero-order valence-electron chi connectivity index (χ0n) is 10.9. The minimum absolute atomic E-state index is 0.171. The van der Waals surface area contributed by atoms with Crippen LogP contribution in [0.3, 0.4) is 0 Å². The van der Waals surface area contributed by atoms with E-state index in [1.165, 1.54) is 12.8 Å². The van der Waals surface area contributed by atoms with E-state index in [1.54, 1.807) is 0 Å². The van der Waals surface area contributed by atoms with Gasteiger partial charge in [0.05, 0.1) is 0 Å². The van der Waals surface area contributed by atoms with Crippen LogP contribution in [0.4, 0.5) is 0 Å². The fourth-order valence-corrected chi connectivity index (χ4v) is 1.97. The lowest BCUT2D eigenvalue weighted by atomic mass is 9.94. The summed E-state index contributed by atoms with van der Waals surface area (Å²) in [5.74, 6) is 1.12. The van der Waals surface area contributed by atoms with E-state index in [9.17, 15) is 4.79 Å². The minimum atomic E-state index is 0.171. The molecule has 1 aliphatic rings. The fourth-order valence-electron chi connectivity index (χ4n) is 1.97. The summed E-state index contributed by atoms with van der Waals surface area (Å²) in [6.07, 6.45) is 4.13. The maximum atomic E-state index is 11.7. The van der Waals surface area contributed by atoms with Crippen molar-refractivity contribution in [1.29, 1.82) is 0 Å². The highest BCUT2D eigenvalue weighted by Crippen LogP contribution is 2.44. The maximum absolute atomic E-state index is 11.7. The van der Waals surface area contributed by atoms with E-state index in [-0.39, 0.29) is 5.91 Å². The van der Waals surface area contributed by atoms with Gasteiger partial charge in [-0.2, -0.15) is 0 Å². The Hall–Kier alpha value is -0.570. The van der Waals surface area contributed by atoms with Gasteiger partial charge in [-0.15, -0.1) is 0 Å². The van der Waals surface area contributed by atoms with E-state index in [0.717, 1.165) is 13.0 Å². The van der Waals surface area contributed by atoms with Gasteiger partial charge in [-0.3, -0.25) is 4.79 Å². The Bertz CT molecular complexity index is 234. The van der Waals surface area contributed by atoms with Gasteiger partial charge in [-0.05, 0) is 43.1 Å². The van der Waals surface area contributed by atoms with Crippen LogP contribution in [0, 0.1) is 17.3 Å². The van der Waals surface area contributed by atoms with Crippen LogP contribution >= 0.6 is 0 Å². The van der Waals surface area contributed by atoms with Gasteiger partial charge in [0, 0.05) is 13.0 Å². The number of rotatable bonds is 7. The maximum Gasteiger partial charge on any atom is 0.220 e. The molecule has 1 amide bonds. The molecule has 1 fully saturated rings. The summed E-state index contributed by atoms with van der Waals surface area (Å²) in [6, 6.07) is 0. The molecule has 0 saturated heterocycles. The molecule has 1 aliphatic carbocycles. The molecular weight excluding hydrogens is 200 g/mol. The molecule has 3 nitrogen and oxygen atoms in total. The number of carbonyl (C=O) groups excluding carboxylic acids is 1. The standard InChI is InChI=1S/C13H26N2O/c1-10(2)6-11(8-14)7-12(16)15-9-13(3)4-5-13/h10-11H,4-9,14H2,1-3H3,(H,15,16). The molecule has 94 valence electrons. The predicted octanol–water partition coefficient (Wildman–Crippen LogP) is 1.91. The van der Waals surface area contributed by atoms with Crippen LogP contribution in [0.15, 0.2) is 0 Å². The van der Waals surface area contributed by atoms with E-state index >= 15 is 0 Å². The van der Waals surface area contributed by atoms with Crippen molar-refractivity contribution < 1.29 is 4.79 Å². The van der Waals surface area contributed by atoms with Crippen LogP contribution in [0.5, 0.6) is 0 Å². The van der Waals surface area contributed by atoms with Crippen LogP contribution in [-0.4, -0.2) is 19.0 Å². The summed E-state index contributed by atoms with van der Waals surface area (Å²) >= 11 is 0. The van der Waals surface area contributed by atoms with E-state index in [2.05, 4.69) is 26.1 Å². The second-order valence-corrected chi connectivity index (χ2v) is 6.02. The molecule has 16 heavy (non-hydrogen) atoms. The van der Waals surface area contributed by atoms with Crippen molar-refractivity contribution in [3.8, 4) is 0 Å². The van der Waals surface area contributed by atoms with E-state index in [4.69, 9.17) is 5.73 Å². The third-order valence-corrected chi connectivity index (χ3v) is 3.43.